The quantitative estimate of drug-likeness (QED) is 0.849. The summed E-state index contributed by atoms with van der Waals surface area (Å²) in [5.74, 6) is 1.20. The molecule has 1 aromatic heterocycles. The van der Waals surface area contributed by atoms with Gasteiger partial charge in [-0.25, -0.2) is 4.39 Å². The van der Waals surface area contributed by atoms with E-state index < -0.39 is 0 Å². The van der Waals surface area contributed by atoms with Crippen LogP contribution in [0.2, 0.25) is 0 Å². The summed E-state index contributed by atoms with van der Waals surface area (Å²) < 4.78 is 24.2. The summed E-state index contributed by atoms with van der Waals surface area (Å²) >= 11 is 0. The van der Waals surface area contributed by atoms with Gasteiger partial charge in [0.15, 0.2) is 12.4 Å². The molecule has 6 heteroatoms. The molecule has 1 saturated carbocycles. The first-order chi connectivity index (χ1) is 10.2. The van der Waals surface area contributed by atoms with Crippen LogP contribution in [0.25, 0.3) is 0 Å². The topological polar surface area (TPSA) is 60.2 Å². The Labute approximate surface area is 122 Å². The van der Waals surface area contributed by atoms with E-state index in [1.165, 1.54) is 25.0 Å². The minimum Gasteiger partial charge on any atom is -0.484 e. The van der Waals surface area contributed by atoms with E-state index in [0.717, 1.165) is 5.56 Å². The lowest BCUT2D eigenvalue weighted by Gasteiger charge is -2.08. The molecule has 0 bridgehead atoms. The number of aryl methyl sites for hydroxylation is 1. The van der Waals surface area contributed by atoms with E-state index in [9.17, 15) is 4.39 Å². The number of nitrogens with zero attached hydrogens (tertiary/aromatic N) is 2. The highest BCUT2D eigenvalue weighted by molar-refractivity contribution is 5.29. The number of hydrogen-bond acceptors (Lipinski definition) is 5. The van der Waals surface area contributed by atoms with Gasteiger partial charge in [0.25, 0.3) is 5.89 Å². The average Bonchev–Trinajstić information content (AvgIpc) is 3.19. The molecule has 0 spiro atoms. The largest absolute Gasteiger partial charge is 0.484 e. The molecule has 1 aliphatic rings. The van der Waals surface area contributed by atoms with E-state index >= 15 is 0 Å². The highest BCUT2D eigenvalue weighted by Crippen LogP contribution is 2.21. The Kier molecular flexibility index (Phi) is 4.15. The first kappa shape index (κ1) is 14.0. The van der Waals surface area contributed by atoms with Crippen molar-refractivity contribution in [3.05, 3.63) is 41.3 Å². The van der Waals surface area contributed by atoms with E-state index in [2.05, 4.69) is 15.5 Å². The van der Waals surface area contributed by atoms with Gasteiger partial charge in [-0.3, -0.25) is 0 Å². The van der Waals surface area contributed by atoms with Crippen LogP contribution in [0, 0.1) is 5.82 Å². The molecule has 2 aromatic rings. The number of benzene rings is 1. The highest BCUT2D eigenvalue weighted by Gasteiger charge is 2.20. The highest BCUT2D eigenvalue weighted by atomic mass is 19.1. The molecule has 0 aliphatic heterocycles. The van der Waals surface area contributed by atoms with Crippen molar-refractivity contribution in [2.45, 2.75) is 45.4 Å². The van der Waals surface area contributed by atoms with Crippen molar-refractivity contribution in [2.75, 3.05) is 0 Å². The van der Waals surface area contributed by atoms with Crippen molar-refractivity contribution in [3.63, 3.8) is 0 Å². The predicted molar refractivity (Wildman–Crippen MR) is 74.3 cm³/mol. The fraction of sp³-hybridized carbons (Fsp3) is 0.467. The van der Waals surface area contributed by atoms with Crippen LogP contribution in [-0.4, -0.2) is 16.2 Å². The third-order valence-corrected chi connectivity index (χ3v) is 3.29. The second-order valence-electron chi connectivity index (χ2n) is 5.20. The minimum absolute atomic E-state index is 0.145. The fourth-order valence-corrected chi connectivity index (χ4v) is 1.99. The van der Waals surface area contributed by atoms with Crippen LogP contribution in [0.5, 0.6) is 5.75 Å². The first-order valence-corrected chi connectivity index (χ1v) is 7.20. The standard InChI is InChI=1S/C15H18FN3O2/c1-2-14-18-15(21-19-14)9-20-13-6-10(5-11(16)7-13)8-17-12-3-4-12/h5-7,12,17H,2-4,8-9H2,1H3. The zero-order chi connectivity index (χ0) is 14.7. The van der Waals surface area contributed by atoms with Gasteiger partial charge in [-0.1, -0.05) is 12.1 Å². The number of nitrogens with one attached hydrogen (secondary N) is 1. The zero-order valence-electron chi connectivity index (χ0n) is 11.9. The summed E-state index contributed by atoms with van der Waals surface area (Å²) in [5.41, 5.74) is 0.872. The van der Waals surface area contributed by atoms with Crippen molar-refractivity contribution in [1.82, 2.24) is 15.5 Å². The van der Waals surface area contributed by atoms with Gasteiger partial charge in [0, 0.05) is 25.1 Å². The van der Waals surface area contributed by atoms with E-state index in [0.29, 0.717) is 36.5 Å². The first-order valence-electron chi connectivity index (χ1n) is 7.20. The molecule has 1 aliphatic carbocycles. The maximum Gasteiger partial charge on any atom is 0.264 e. The summed E-state index contributed by atoms with van der Waals surface area (Å²) in [6, 6.07) is 5.29. The monoisotopic (exact) mass is 291 g/mol. The average molecular weight is 291 g/mol. The normalized spacial score (nSPS) is 14.4. The maximum absolute atomic E-state index is 13.6. The third kappa shape index (κ3) is 4.01. The van der Waals surface area contributed by atoms with E-state index in [-0.39, 0.29) is 12.4 Å². The maximum atomic E-state index is 13.6. The Hall–Kier alpha value is -1.95. The van der Waals surface area contributed by atoms with Gasteiger partial charge in [0.2, 0.25) is 0 Å². The van der Waals surface area contributed by atoms with Crippen molar-refractivity contribution in [3.8, 4) is 5.75 Å². The Morgan fingerprint density at radius 3 is 2.95 bits per heavy atom. The lowest BCUT2D eigenvalue weighted by Crippen LogP contribution is -2.15. The van der Waals surface area contributed by atoms with Gasteiger partial charge < -0.3 is 14.6 Å². The summed E-state index contributed by atoms with van der Waals surface area (Å²) in [6.45, 7) is 2.74. The molecular formula is C15H18FN3O2. The summed E-state index contributed by atoms with van der Waals surface area (Å²) in [6.07, 6.45) is 3.12. The smallest absolute Gasteiger partial charge is 0.264 e. The second-order valence-corrected chi connectivity index (χ2v) is 5.20. The molecule has 1 fully saturated rings. The van der Waals surface area contributed by atoms with Gasteiger partial charge >= 0.3 is 0 Å². The SMILES string of the molecule is CCc1noc(COc2cc(F)cc(CNC3CC3)c2)n1. The van der Waals surface area contributed by atoms with E-state index in [1.807, 2.05) is 13.0 Å². The Morgan fingerprint density at radius 2 is 2.24 bits per heavy atom. The molecular weight excluding hydrogens is 273 g/mol. The van der Waals surface area contributed by atoms with Crippen molar-refractivity contribution in [1.29, 1.82) is 0 Å². The number of aromatic nitrogens is 2. The van der Waals surface area contributed by atoms with Crippen LogP contribution >= 0.6 is 0 Å². The summed E-state index contributed by atoms with van der Waals surface area (Å²) in [4.78, 5) is 4.15. The Morgan fingerprint density at radius 1 is 1.38 bits per heavy atom. The molecule has 1 N–H and O–H groups in total. The van der Waals surface area contributed by atoms with Crippen LogP contribution in [0.15, 0.2) is 22.7 Å². The van der Waals surface area contributed by atoms with Crippen molar-refractivity contribution < 1.29 is 13.7 Å². The van der Waals surface area contributed by atoms with Gasteiger partial charge in [-0.2, -0.15) is 4.98 Å². The number of ether oxygens (including phenoxy) is 1. The van der Waals surface area contributed by atoms with Gasteiger partial charge in [0.05, 0.1) is 0 Å². The van der Waals surface area contributed by atoms with Crippen LogP contribution < -0.4 is 10.1 Å². The minimum atomic E-state index is -0.306. The van der Waals surface area contributed by atoms with Crippen LogP contribution in [-0.2, 0) is 19.6 Å². The molecule has 1 aromatic carbocycles. The number of halogens is 1. The van der Waals surface area contributed by atoms with Gasteiger partial charge in [0.1, 0.15) is 11.6 Å². The molecule has 0 unspecified atom stereocenters. The molecule has 3 rings (SSSR count). The van der Waals surface area contributed by atoms with E-state index in [4.69, 9.17) is 9.26 Å². The van der Waals surface area contributed by atoms with Gasteiger partial charge in [-0.05, 0) is 30.5 Å². The molecule has 0 amide bonds. The summed E-state index contributed by atoms with van der Waals surface area (Å²) in [7, 11) is 0. The van der Waals surface area contributed by atoms with Crippen LogP contribution in [0.1, 0.15) is 37.0 Å². The van der Waals surface area contributed by atoms with E-state index in [1.54, 1.807) is 0 Å². The third-order valence-electron chi connectivity index (χ3n) is 3.29. The Balaban J connectivity index is 1.60. The summed E-state index contributed by atoms with van der Waals surface area (Å²) in [5, 5.41) is 7.14. The van der Waals surface area contributed by atoms with Crippen molar-refractivity contribution >= 4 is 0 Å². The second kappa shape index (κ2) is 6.22. The Bertz CT molecular complexity index is 611. The molecule has 1 heterocycles. The van der Waals surface area contributed by atoms with Crippen LogP contribution in [0.3, 0.4) is 0 Å². The fourth-order valence-electron chi connectivity index (χ4n) is 1.99. The molecule has 0 radical (unpaired) electrons. The molecule has 112 valence electrons. The zero-order valence-corrected chi connectivity index (χ0v) is 11.9. The van der Waals surface area contributed by atoms with Crippen molar-refractivity contribution in [2.24, 2.45) is 0 Å². The van der Waals surface area contributed by atoms with Gasteiger partial charge in [-0.15, -0.1) is 0 Å². The lowest BCUT2D eigenvalue weighted by molar-refractivity contribution is 0.241. The molecule has 0 atom stereocenters. The lowest BCUT2D eigenvalue weighted by atomic mass is 10.2. The molecule has 5 nitrogen and oxygen atoms in total. The molecule has 0 saturated heterocycles. The number of rotatable bonds is 7. The predicted octanol–water partition coefficient (Wildman–Crippen LogP) is 2.60. The molecule has 21 heavy (non-hydrogen) atoms. The number of hydrogen-bond donors (Lipinski definition) is 1. The van der Waals surface area contributed by atoms with Crippen LogP contribution in [0.4, 0.5) is 4.39 Å².